The molecule has 2 N–H and O–H groups in total. The molecule has 0 spiro atoms. The topological polar surface area (TPSA) is 62.8 Å². The molecule has 0 aromatic carbocycles. The first kappa shape index (κ1) is 8.96. The van der Waals surface area contributed by atoms with Crippen LogP contribution in [-0.2, 0) is 6.54 Å². The minimum absolute atomic E-state index is 0.581. The zero-order valence-corrected chi connectivity index (χ0v) is 8.16. The van der Waals surface area contributed by atoms with E-state index in [0.717, 1.165) is 23.1 Å². The van der Waals surface area contributed by atoms with Gasteiger partial charge in [-0.1, -0.05) is 0 Å². The molecule has 2 heterocycles. The molecule has 0 amide bonds. The minimum atomic E-state index is 0.581. The van der Waals surface area contributed by atoms with Gasteiger partial charge in [-0.2, -0.15) is 4.98 Å². The van der Waals surface area contributed by atoms with Crippen LogP contribution in [0.15, 0.2) is 12.5 Å². The average molecular weight is 192 g/mol. The number of hydrogen-bond acceptors (Lipinski definition) is 4. The molecule has 2 aromatic heterocycles. The number of aromatic amines is 1. The van der Waals surface area contributed by atoms with Crippen molar-refractivity contribution in [1.82, 2.24) is 20.3 Å². The average Bonchev–Trinajstić information content (AvgIpc) is 2.62. The lowest BCUT2D eigenvalue weighted by Gasteiger charge is -1.99. The van der Waals surface area contributed by atoms with E-state index < -0.39 is 0 Å². The van der Waals surface area contributed by atoms with Crippen LogP contribution in [0.25, 0.3) is 11.0 Å². The third kappa shape index (κ3) is 1.31. The predicted octanol–water partition coefficient (Wildman–Crippen LogP) is 0.686. The zero-order chi connectivity index (χ0) is 9.97. The van der Waals surface area contributed by atoms with Crippen LogP contribution in [0.1, 0.15) is 5.56 Å². The monoisotopic (exact) mass is 192 g/mol. The molecule has 0 saturated carbocycles. The van der Waals surface area contributed by atoms with Gasteiger partial charge in [0.25, 0.3) is 0 Å². The Morgan fingerprint density at radius 2 is 2.36 bits per heavy atom. The highest BCUT2D eigenvalue weighted by Crippen LogP contribution is 2.22. The summed E-state index contributed by atoms with van der Waals surface area (Å²) in [4.78, 5) is 11.3. The minimum Gasteiger partial charge on any atom is -0.479 e. The summed E-state index contributed by atoms with van der Waals surface area (Å²) < 4.78 is 5.12. The summed E-state index contributed by atoms with van der Waals surface area (Å²) in [6, 6.07) is 0. The molecule has 0 atom stereocenters. The Morgan fingerprint density at radius 1 is 1.50 bits per heavy atom. The van der Waals surface area contributed by atoms with E-state index in [1.165, 1.54) is 6.33 Å². The van der Waals surface area contributed by atoms with Crippen LogP contribution in [0, 0.1) is 0 Å². The van der Waals surface area contributed by atoms with Crippen LogP contribution in [-0.4, -0.2) is 29.1 Å². The molecule has 0 unspecified atom stereocenters. The van der Waals surface area contributed by atoms with E-state index in [1.807, 2.05) is 13.2 Å². The van der Waals surface area contributed by atoms with E-state index in [-0.39, 0.29) is 0 Å². The molecule has 0 fully saturated rings. The zero-order valence-electron chi connectivity index (χ0n) is 8.16. The second-order valence-electron chi connectivity index (χ2n) is 2.95. The number of nitrogens with zero attached hydrogens (tertiary/aromatic N) is 2. The third-order valence-corrected chi connectivity index (χ3v) is 2.07. The predicted molar refractivity (Wildman–Crippen MR) is 53.2 cm³/mol. The van der Waals surface area contributed by atoms with Crippen molar-refractivity contribution in [2.75, 3.05) is 14.2 Å². The summed E-state index contributed by atoms with van der Waals surface area (Å²) >= 11 is 0. The van der Waals surface area contributed by atoms with E-state index in [2.05, 4.69) is 20.3 Å². The normalized spacial score (nSPS) is 10.7. The number of methoxy groups -OCH3 is 1. The highest BCUT2D eigenvalue weighted by molar-refractivity contribution is 5.82. The summed E-state index contributed by atoms with van der Waals surface area (Å²) in [5, 5.41) is 3.08. The number of hydrogen-bond donors (Lipinski definition) is 2. The highest BCUT2D eigenvalue weighted by Gasteiger charge is 2.08. The Hall–Kier alpha value is -1.62. The first-order chi connectivity index (χ1) is 6.86. The van der Waals surface area contributed by atoms with Crippen LogP contribution in [0.4, 0.5) is 0 Å². The fourth-order valence-electron chi connectivity index (χ4n) is 1.45. The molecule has 0 aliphatic heterocycles. The second-order valence-corrected chi connectivity index (χ2v) is 2.95. The van der Waals surface area contributed by atoms with E-state index in [4.69, 9.17) is 4.74 Å². The van der Waals surface area contributed by atoms with Crippen molar-refractivity contribution < 1.29 is 4.74 Å². The maximum atomic E-state index is 5.12. The van der Waals surface area contributed by atoms with Crippen LogP contribution in [0.5, 0.6) is 5.88 Å². The van der Waals surface area contributed by atoms with Crippen molar-refractivity contribution in [3.05, 3.63) is 18.1 Å². The van der Waals surface area contributed by atoms with Gasteiger partial charge >= 0.3 is 0 Å². The van der Waals surface area contributed by atoms with Crippen LogP contribution in [0.2, 0.25) is 0 Å². The van der Waals surface area contributed by atoms with Gasteiger partial charge in [-0.05, 0) is 7.05 Å². The summed E-state index contributed by atoms with van der Waals surface area (Å²) in [5.41, 5.74) is 2.87. The van der Waals surface area contributed by atoms with Gasteiger partial charge in [0.1, 0.15) is 11.8 Å². The molecule has 0 saturated heterocycles. The lowest BCUT2D eigenvalue weighted by molar-refractivity contribution is 0.402. The van der Waals surface area contributed by atoms with Gasteiger partial charge in [-0.3, -0.25) is 0 Å². The smallest absolute Gasteiger partial charge is 0.241 e. The van der Waals surface area contributed by atoms with E-state index >= 15 is 0 Å². The first-order valence-corrected chi connectivity index (χ1v) is 4.36. The standard InChI is InChI=1S/C9H12N4O/c1-10-3-6-4-11-8-7(6)12-5-13-9(8)14-2/h4-5,10-11H,3H2,1-2H3. The van der Waals surface area contributed by atoms with Crippen molar-refractivity contribution in [3.8, 4) is 5.88 Å². The highest BCUT2D eigenvalue weighted by atomic mass is 16.5. The Kier molecular flexibility index (Phi) is 2.32. The maximum absolute atomic E-state index is 5.12. The molecular formula is C9H12N4O. The summed E-state index contributed by atoms with van der Waals surface area (Å²) in [5.74, 6) is 0.581. The largest absolute Gasteiger partial charge is 0.479 e. The molecule has 2 rings (SSSR count). The van der Waals surface area contributed by atoms with Crippen molar-refractivity contribution in [3.63, 3.8) is 0 Å². The SMILES string of the molecule is CNCc1c[nH]c2c(OC)ncnc12. The fourth-order valence-corrected chi connectivity index (χ4v) is 1.45. The van der Waals surface area contributed by atoms with Gasteiger partial charge in [0.05, 0.1) is 12.6 Å². The summed E-state index contributed by atoms with van der Waals surface area (Å²) in [6.45, 7) is 0.778. The molecule has 5 nitrogen and oxygen atoms in total. The molecule has 0 aliphatic carbocycles. The van der Waals surface area contributed by atoms with Crippen molar-refractivity contribution in [2.45, 2.75) is 6.54 Å². The Morgan fingerprint density at radius 3 is 3.07 bits per heavy atom. The molecule has 0 radical (unpaired) electrons. The molecule has 5 heteroatoms. The van der Waals surface area contributed by atoms with Crippen molar-refractivity contribution in [2.24, 2.45) is 0 Å². The maximum Gasteiger partial charge on any atom is 0.241 e. The van der Waals surface area contributed by atoms with Gasteiger partial charge in [0.15, 0.2) is 0 Å². The summed E-state index contributed by atoms with van der Waals surface area (Å²) in [7, 11) is 3.50. The quantitative estimate of drug-likeness (QED) is 0.751. The van der Waals surface area contributed by atoms with E-state index in [0.29, 0.717) is 5.88 Å². The number of H-pyrrole nitrogens is 1. The van der Waals surface area contributed by atoms with Crippen LogP contribution >= 0.6 is 0 Å². The lowest BCUT2D eigenvalue weighted by atomic mass is 10.3. The van der Waals surface area contributed by atoms with Crippen molar-refractivity contribution in [1.29, 1.82) is 0 Å². The van der Waals surface area contributed by atoms with Crippen LogP contribution in [0.3, 0.4) is 0 Å². The molecule has 2 aromatic rings. The Balaban J connectivity index is 2.57. The third-order valence-electron chi connectivity index (χ3n) is 2.07. The summed E-state index contributed by atoms with van der Waals surface area (Å²) in [6.07, 6.45) is 3.42. The lowest BCUT2D eigenvalue weighted by Crippen LogP contribution is -2.04. The van der Waals surface area contributed by atoms with Gasteiger partial charge < -0.3 is 15.0 Å². The molecule has 0 bridgehead atoms. The van der Waals surface area contributed by atoms with Gasteiger partial charge in [0.2, 0.25) is 5.88 Å². The number of fused-ring (bicyclic) bond motifs is 1. The molecular weight excluding hydrogens is 180 g/mol. The second kappa shape index (κ2) is 3.63. The number of nitrogens with one attached hydrogen (secondary N) is 2. The molecule has 14 heavy (non-hydrogen) atoms. The van der Waals surface area contributed by atoms with E-state index in [1.54, 1.807) is 7.11 Å². The Bertz CT molecular complexity index is 437. The molecule has 0 aliphatic rings. The fraction of sp³-hybridized carbons (Fsp3) is 0.333. The number of ether oxygens (including phenoxy) is 1. The van der Waals surface area contributed by atoms with Crippen molar-refractivity contribution >= 4 is 11.0 Å². The van der Waals surface area contributed by atoms with Gasteiger partial charge in [-0.25, -0.2) is 4.98 Å². The van der Waals surface area contributed by atoms with Crippen LogP contribution < -0.4 is 10.1 Å². The Labute approximate surface area is 81.5 Å². The van der Waals surface area contributed by atoms with E-state index in [9.17, 15) is 0 Å². The number of rotatable bonds is 3. The first-order valence-electron chi connectivity index (χ1n) is 4.36. The number of aromatic nitrogens is 3. The van der Waals surface area contributed by atoms with Gasteiger partial charge in [0, 0.05) is 18.3 Å². The van der Waals surface area contributed by atoms with Gasteiger partial charge in [-0.15, -0.1) is 0 Å². The molecule has 74 valence electrons.